The van der Waals surface area contributed by atoms with E-state index in [9.17, 15) is 9.59 Å². The van der Waals surface area contributed by atoms with Gasteiger partial charge in [0.05, 0.1) is 12.5 Å². The number of aryl methyl sites for hydroxylation is 1. The number of nitrogens with one attached hydrogen (secondary N) is 1. The van der Waals surface area contributed by atoms with E-state index in [1.807, 2.05) is 31.2 Å². The summed E-state index contributed by atoms with van der Waals surface area (Å²) in [6, 6.07) is 13.0. The summed E-state index contributed by atoms with van der Waals surface area (Å²) in [6.45, 7) is 2.52. The van der Waals surface area contributed by atoms with Gasteiger partial charge in [-0.05, 0) is 54.8 Å². The quantitative estimate of drug-likeness (QED) is 0.568. The third-order valence-corrected chi connectivity index (χ3v) is 4.53. The first-order valence-corrected chi connectivity index (χ1v) is 9.43. The Morgan fingerprint density at radius 1 is 1.25 bits per heavy atom. The Labute approximate surface area is 168 Å². The van der Waals surface area contributed by atoms with Crippen LogP contribution >= 0.6 is 11.6 Å². The summed E-state index contributed by atoms with van der Waals surface area (Å²) in [5, 5.41) is 3.25. The standard InChI is InChI=1S/C21H22ClNO5/c1-14-3-2-4-18(9-14)26-8-7-23-20(24)13-28-21(25)16-10-15-11-17(22)5-6-19(15)27-12-16/h2-6,9,11,16H,7-8,10,12-13H2,1H3,(H,23,24)/t16-/m1/s1. The summed E-state index contributed by atoms with van der Waals surface area (Å²) in [7, 11) is 0. The van der Waals surface area contributed by atoms with Gasteiger partial charge >= 0.3 is 5.97 Å². The largest absolute Gasteiger partial charge is 0.492 e. The van der Waals surface area contributed by atoms with Crippen molar-refractivity contribution in [1.82, 2.24) is 5.32 Å². The second kappa shape index (κ2) is 9.46. The van der Waals surface area contributed by atoms with Crippen molar-refractivity contribution in [3.05, 3.63) is 58.6 Å². The lowest BCUT2D eigenvalue weighted by atomic mass is 9.97. The van der Waals surface area contributed by atoms with Crippen LogP contribution in [-0.4, -0.2) is 38.2 Å². The topological polar surface area (TPSA) is 73.9 Å². The highest BCUT2D eigenvalue weighted by atomic mass is 35.5. The van der Waals surface area contributed by atoms with Crippen LogP contribution in [0.2, 0.25) is 5.02 Å². The lowest BCUT2D eigenvalue weighted by Crippen LogP contribution is -2.35. The fraction of sp³-hybridized carbons (Fsp3) is 0.333. The van der Waals surface area contributed by atoms with Gasteiger partial charge < -0.3 is 19.5 Å². The SMILES string of the molecule is Cc1cccc(OCCNC(=O)COC(=O)[C@H]2COc3ccc(Cl)cc3C2)c1. The molecule has 6 nitrogen and oxygen atoms in total. The van der Waals surface area contributed by atoms with E-state index in [0.29, 0.717) is 24.6 Å². The summed E-state index contributed by atoms with van der Waals surface area (Å²) >= 11 is 5.98. The summed E-state index contributed by atoms with van der Waals surface area (Å²) in [5.41, 5.74) is 1.96. The summed E-state index contributed by atoms with van der Waals surface area (Å²) in [6.07, 6.45) is 0.473. The number of hydrogen-bond donors (Lipinski definition) is 1. The molecule has 148 valence electrons. The predicted octanol–water partition coefficient (Wildman–Crippen LogP) is 2.94. The smallest absolute Gasteiger partial charge is 0.313 e. The van der Waals surface area contributed by atoms with E-state index in [2.05, 4.69) is 5.32 Å². The molecule has 1 heterocycles. The maximum Gasteiger partial charge on any atom is 0.313 e. The average molecular weight is 404 g/mol. The predicted molar refractivity (Wildman–Crippen MR) is 105 cm³/mol. The summed E-state index contributed by atoms with van der Waals surface area (Å²) < 4.78 is 16.2. The number of esters is 1. The average Bonchev–Trinajstić information content (AvgIpc) is 2.69. The van der Waals surface area contributed by atoms with Crippen molar-refractivity contribution in [2.45, 2.75) is 13.3 Å². The molecule has 0 fully saturated rings. The molecule has 1 aliphatic heterocycles. The van der Waals surface area contributed by atoms with E-state index in [1.165, 1.54) is 0 Å². The van der Waals surface area contributed by atoms with E-state index < -0.39 is 11.9 Å². The van der Waals surface area contributed by atoms with Gasteiger partial charge in [-0.1, -0.05) is 23.7 Å². The molecule has 3 rings (SSSR count). The Bertz CT molecular complexity index is 854. The minimum absolute atomic E-state index is 0.222. The molecule has 0 bridgehead atoms. The van der Waals surface area contributed by atoms with Crippen LogP contribution in [0.3, 0.4) is 0 Å². The fourth-order valence-corrected chi connectivity index (χ4v) is 3.08. The van der Waals surface area contributed by atoms with Gasteiger partial charge in [-0.2, -0.15) is 0 Å². The van der Waals surface area contributed by atoms with Gasteiger partial charge in [-0.15, -0.1) is 0 Å². The molecule has 1 aliphatic rings. The van der Waals surface area contributed by atoms with Crippen LogP contribution in [0.4, 0.5) is 0 Å². The van der Waals surface area contributed by atoms with Crippen molar-refractivity contribution >= 4 is 23.5 Å². The Balaban J connectivity index is 1.36. The van der Waals surface area contributed by atoms with Crippen molar-refractivity contribution in [3.8, 4) is 11.5 Å². The molecular formula is C21H22ClNO5. The summed E-state index contributed by atoms with van der Waals surface area (Å²) in [5.74, 6) is 0.180. The number of benzene rings is 2. The minimum Gasteiger partial charge on any atom is -0.492 e. The van der Waals surface area contributed by atoms with Crippen molar-refractivity contribution in [2.75, 3.05) is 26.4 Å². The number of hydrogen-bond acceptors (Lipinski definition) is 5. The molecule has 0 saturated carbocycles. The third kappa shape index (κ3) is 5.63. The molecule has 2 aromatic rings. The van der Waals surface area contributed by atoms with Gasteiger partial charge in [0.1, 0.15) is 24.7 Å². The van der Waals surface area contributed by atoms with Crippen LogP contribution < -0.4 is 14.8 Å². The van der Waals surface area contributed by atoms with E-state index >= 15 is 0 Å². The molecule has 0 saturated heterocycles. The monoisotopic (exact) mass is 403 g/mol. The molecular weight excluding hydrogens is 382 g/mol. The van der Waals surface area contributed by atoms with Crippen LogP contribution in [0.5, 0.6) is 11.5 Å². The van der Waals surface area contributed by atoms with Gasteiger partial charge in [0.2, 0.25) is 0 Å². The Morgan fingerprint density at radius 2 is 2.11 bits per heavy atom. The highest BCUT2D eigenvalue weighted by Crippen LogP contribution is 2.30. The lowest BCUT2D eigenvalue weighted by Gasteiger charge is -2.24. The van der Waals surface area contributed by atoms with Crippen LogP contribution in [0.1, 0.15) is 11.1 Å². The van der Waals surface area contributed by atoms with E-state index in [4.69, 9.17) is 25.8 Å². The highest BCUT2D eigenvalue weighted by Gasteiger charge is 2.27. The zero-order valence-electron chi connectivity index (χ0n) is 15.6. The van der Waals surface area contributed by atoms with E-state index in [0.717, 1.165) is 22.6 Å². The first-order chi connectivity index (χ1) is 13.5. The molecule has 0 radical (unpaired) electrons. The van der Waals surface area contributed by atoms with Crippen LogP contribution in [0.15, 0.2) is 42.5 Å². The first kappa shape index (κ1) is 20.0. The maximum atomic E-state index is 12.2. The second-order valence-corrected chi connectivity index (χ2v) is 7.02. The lowest BCUT2D eigenvalue weighted by molar-refractivity contribution is -0.153. The van der Waals surface area contributed by atoms with E-state index in [1.54, 1.807) is 18.2 Å². The molecule has 0 aliphatic carbocycles. The van der Waals surface area contributed by atoms with Gasteiger partial charge in [0, 0.05) is 5.02 Å². The van der Waals surface area contributed by atoms with Gasteiger partial charge in [0.15, 0.2) is 6.61 Å². The molecule has 28 heavy (non-hydrogen) atoms. The Morgan fingerprint density at radius 3 is 2.93 bits per heavy atom. The third-order valence-electron chi connectivity index (χ3n) is 4.29. The first-order valence-electron chi connectivity index (χ1n) is 9.05. The maximum absolute atomic E-state index is 12.2. The number of rotatable bonds is 7. The van der Waals surface area contributed by atoms with Gasteiger partial charge in [-0.25, -0.2) is 0 Å². The number of fused-ring (bicyclic) bond motifs is 1. The van der Waals surface area contributed by atoms with Crippen molar-refractivity contribution < 1.29 is 23.8 Å². The fourth-order valence-electron chi connectivity index (χ4n) is 2.88. The number of carbonyl (C=O) groups excluding carboxylic acids is 2. The highest BCUT2D eigenvalue weighted by molar-refractivity contribution is 6.30. The zero-order valence-corrected chi connectivity index (χ0v) is 16.3. The molecule has 1 amide bonds. The van der Waals surface area contributed by atoms with Crippen LogP contribution in [0, 0.1) is 12.8 Å². The molecule has 0 aromatic heterocycles. The Hall–Kier alpha value is -2.73. The van der Waals surface area contributed by atoms with Crippen LogP contribution in [-0.2, 0) is 20.7 Å². The molecule has 0 spiro atoms. The zero-order chi connectivity index (χ0) is 19.9. The molecule has 0 unspecified atom stereocenters. The van der Waals surface area contributed by atoms with Gasteiger partial charge in [0.25, 0.3) is 5.91 Å². The van der Waals surface area contributed by atoms with Crippen molar-refractivity contribution in [2.24, 2.45) is 5.92 Å². The molecule has 1 N–H and O–H groups in total. The number of carbonyl (C=O) groups is 2. The van der Waals surface area contributed by atoms with Gasteiger partial charge in [-0.3, -0.25) is 9.59 Å². The minimum atomic E-state index is -0.461. The Kier molecular flexibility index (Phi) is 6.76. The number of ether oxygens (including phenoxy) is 3. The molecule has 7 heteroatoms. The van der Waals surface area contributed by atoms with Crippen molar-refractivity contribution in [3.63, 3.8) is 0 Å². The van der Waals surface area contributed by atoms with E-state index in [-0.39, 0.29) is 19.1 Å². The number of halogens is 1. The summed E-state index contributed by atoms with van der Waals surface area (Å²) in [4.78, 5) is 24.1. The molecule has 2 aromatic carbocycles. The van der Waals surface area contributed by atoms with Crippen LogP contribution in [0.25, 0.3) is 0 Å². The normalized spacial score (nSPS) is 15.1. The number of amides is 1. The second-order valence-electron chi connectivity index (χ2n) is 6.59. The molecule has 1 atom stereocenters. The van der Waals surface area contributed by atoms with Crippen molar-refractivity contribution in [1.29, 1.82) is 0 Å².